The molecule has 0 bridgehead atoms. The van der Waals surface area contributed by atoms with Crippen molar-refractivity contribution in [1.29, 1.82) is 0 Å². The molecule has 0 spiro atoms. The number of benzene rings is 1. The molecule has 1 aromatic carbocycles. The Balaban J connectivity index is 1.85. The van der Waals surface area contributed by atoms with Crippen LogP contribution in [0, 0.1) is 5.92 Å². The minimum absolute atomic E-state index is 0.0693. The predicted molar refractivity (Wildman–Crippen MR) is 192 cm³/mol. The summed E-state index contributed by atoms with van der Waals surface area (Å²) in [6.45, 7) is 9.58. The second-order valence-corrected chi connectivity index (χ2v) is 15.0. The first kappa shape index (κ1) is 39.1. The summed E-state index contributed by atoms with van der Waals surface area (Å²) in [4.78, 5) is 57.1. The molecule has 49 heavy (non-hydrogen) atoms. The van der Waals surface area contributed by atoms with Crippen LogP contribution in [0.3, 0.4) is 0 Å². The summed E-state index contributed by atoms with van der Waals surface area (Å²) in [5.41, 5.74) is 1.92. The Morgan fingerprint density at radius 3 is 2.14 bits per heavy atom. The number of hydrogen-bond donors (Lipinski definition) is 5. The molecule has 0 aliphatic carbocycles. The highest BCUT2D eigenvalue weighted by Crippen LogP contribution is 2.23. The largest absolute Gasteiger partial charge is 0.355 e. The zero-order valence-corrected chi connectivity index (χ0v) is 30.6. The van der Waals surface area contributed by atoms with Crippen molar-refractivity contribution in [3.8, 4) is 0 Å². The molecule has 0 fully saturated rings. The third-order valence-corrected chi connectivity index (χ3v) is 9.78. The molecular formula is C34H47N7O6S2. The predicted octanol–water partition coefficient (Wildman–Crippen LogP) is 2.63. The van der Waals surface area contributed by atoms with Crippen molar-refractivity contribution in [3.05, 3.63) is 81.8 Å². The van der Waals surface area contributed by atoms with Crippen molar-refractivity contribution < 1.29 is 27.6 Å². The Morgan fingerprint density at radius 1 is 0.918 bits per heavy atom. The van der Waals surface area contributed by atoms with Gasteiger partial charge in [-0.25, -0.2) is 8.42 Å². The van der Waals surface area contributed by atoms with E-state index in [4.69, 9.17) is 0 Å². The molecule has 5 N–H and O–H groups in total. The van der Waals surface area contributed by atoms with Gasteiger partial charge in [-0.1, -0.05) is 19.9 Å². The summed E-state index contributed by atoms with van der Waals surface area (Å²) >= 11 is 1.50. The van der Waals surface area contributed by atoms with E-state index in [1.54, 1.807) is 26.1 Å². The van der Waals surface area contributed by atoms with Gasteiger partial charge in [0.1, 0.15) is 6.04 Å². The fourth-order valence-electron chi connectivity index (χ4n) is 4.85. The van der Waals surface area contributed by atoms with Gasteiger partial charge in [0.25, 0.3) is 11.8 Å². The molecule has 15 heteroatoms. The number of sulfonamides is 1. The van der Waals surface area contributed by atoms with E-state index in [1.807, 2.05) is 49.7 Å². The quantitative estimate of drug-likeness (QED) is 0.142. The van der Waals surface area contributed by atoms with Gasteiger partial charge in [-0.15, -0.1) is 0 Å². The van der Waals surface area contributed by atoms with E-state index in [1.165, 1.54) is 36.6 Å². The maximum absolute atomic E-state index is 13.8. The van der Waals surface area contributed by atoms with Crippen LogP contribution in [0.15, 0.2) is 59.4 Å². The van der Waals surface area contributed by atoms with Gasteiger partial charge in [-0.2, -0.15) is 11.3 Å². The normalized spacial score (nSPS) is 13.9. The second kappa shape index (κ2) is 17.9. The van der Waals surface area contributed by atoms with Crippen molar-refractivity contribution in [2.45, 2.75) is 65.2 Å². The summed E-state index contributed by atoms with van der Waals surface area (Å²) < 4.78 is 25.9. The molecule has 1 unspecified atom stereocenters. The molecule has 0 aliphatic heterocycles. The maximum Gasteiger partial charge on any atom is 0.251 e. The fraction of sp³-hybridized carbons (Fsp3) is 0.441. The highest BCUT2D eigenvalue weighted by molar-refractivity contribution is 7.92. The lowest BCUT2D eigenvalue weighted by Crippen LogP contribution is -2.55. The minimum Gasteiger partial charge on any atom is -0.355 e. The maximum atomic E-state index is 13.8. The molecule has 0 aliphatic rings. The number of nitrogens with zero attached hydrogens (tertiary/aromatic N) is 2. The van der Waals surface area contributed by atoms with Crippen LogP contribution in [-0.4, -0.2) is 81.5 Å². The molecule has 0 radical (unpaired) electrons. The molecule has 266 valence electrons. The fourth-order valence-corrected chi connectivity index (χ4v) is 6.10. The van der Waals surface area contributed by atoms with Gasteiger partial charge in [0.2, 0.25) is 21.8 Å². The van der Waals surface area contributed by atoms with Gasteiger partial charge in [0.15, 0.2) is 0 Å². The monoisotopic (exact) mass is 713 g/mol. The third-order valence-electron chi connectivity index (χ3n) is 7.87. The van der Waals surface area contributed by atoms with Crippen molar-refractivity contribution in [2.75, 3.05) is 30.7 Å². The molecule has 0 saturated heterocycles. The number of aromatic nitrogens is 1. The molecule has 4 amide bonds. The van der Waals surface area contributed by atoms with E-state index in [-0.39, 0.29) is 47.1 Å². The number of hydrogen-bond acceptors (Lipinski definition) is 9. The van der Waals surface area contributed by atoms with Crippen molar-refractivity contribution in [3.63, 3.8) is 0 Å². The Kier molecular flexibility index (Phi) is 14.3. The zero-order valence-electron chi connectivity index (χ0n) is 28.9. The number of carbonyl (C=O) groups is 4. The third kappa shape index (κ3) is 11.6. The number of nitrogens with one attached hydrogen (secondary N) is 5. The molecule has 3 aromatic rings. The smallest absolute Gasteiger partial charge is 0.251 e. The first-order chi connectivity index (χ1) is 23.1. The number of thiophene rings is 1. The van der Waals surface area contributed by atoms with Crippen LogP contribution in [0.1, 0.15) is 72.6 Å². The molecule has 2 heterocycles. The lowest BCUT2D eigenvalue weighted by Gasteiger charge is -2.25. The van der Waals surface area contributed by atoms with Gasteiger partial charge in [-0.3, -0.25) is 28.5 Å². The summed E-state index contributed by atoms with van der Waals surface area (Å²) in [5, 5.41) is 18.4. The second-order valence-electron chi connectivity index (χ2n) is 12.2. The topological polar surface area (TPSA) is 179 Å². The first-order valence-electron chi connectivity index (χ1n) is 16.0. The average Bonchev–Trinajstić information content (AvgIpc) is 3.60. The Morgan fingerprint density at radius 2 is 1.59 bits per heavy atom. The number of likely N-dealkylation sites (N-methyl/N-ethyl adjacent to an activating group) is 1. The summed E-state index contributed by atoms with van der Waals surface area (Å²) in [6, 6.07) is 9.23. The number of anilines is 1. The number of pyridine rings is 1. The lowest BCUT2D eigenvalue weighted by atomic mass is 10.0. The van der Waals surface area contributed by atoms with Crippen molar-refractivity contribution in [1.82, 2.24) is 31.6 Å². The van der Waals surface area contributed by atoms with Crippen LogP contribution in [0.25, 0.3) is 0 Å². The van der Waals surface area contributed by atoms with Gasteiger partial charge < -0.3 is 26.6 Å². The van der Waals surface area contributed by atoms with Crippen molar-refractivity contribution in [2.24, 2.45) is 5.92 Å². The molecule has 13 nitrogen and oxygen atoms in total. The molecule has 2 aromatic heterocycles. The minimum atomic E-state index is -3.72. The lowest BCUT2D eigenvalue weighted by molar-refractivity contribution is -0.130. The summed E-state index contributed by atoms with van der Waals surface area (Å²) in [6.07, 6.45) is 2.97. The highest BCUT2D eigenvalue weighted by Gasteiger charge is 2.27. The van der Waals surface area contributed by atoms with Gasteiger partial charge in [0, 0.05) is 55.6 Å². The standard InChI is InChI=1S/C34H47N7O6S2/c1-8-35-34(45)30(21(2)3)40-31(42)23(5)37-19-28(18-27-11-9-10-13-36-27)39-33(44)26-15-25(16-29(17-26)41(6)49(7,46)47)32(43)38-22(4)24-12-14-48-20-24/h9-17,20-23,28,30,37H,8,18-19H2,1-7H3,(H,35,45)(H,38,43)(H,39,44)(H,40,42)/t22?,23-,28-,30-/m0/s1. The molecule has 0 saturated carbocycles. The van der Waals surface area contributed by atoms with Crippen LogP contribution in [-0.2, 0) is 26.0 Å². The van der Waals surface area contributed by atoms with Crippen molar-refractivity contribution >= 4 is 50.7 Å². The van der Waals surface area contributed by atoms with Gasteiger partial charge in [0.05, 0.1) is 24.0 Å². The number of rotatable bonds is 17. The van der Waals surface area contributed by atoms with E-state index in [2.05, 4.69) is 31.6 Å². The summed E-state index contributed by atoms with van der Waals surface area (Å²) in [7, 11) is -2.38. The molecular weight excluding hydrogens is 667 g/mol. The first-order valence-corrected chi connectivity index (χ1v) is 18.8. The molecule has 4 atom stereocenters. The van der Waals surface area contributed by atoms with E-state index in [0.717, 1.165) is 16.1 Å². The Labute approximate surface area is 292 Å². The average molecular weight is 714 g/mol. The van der Waals surface area contributed by atoms with E-state index >= 15 is 0 Å². The number of carbonyl (C=O) groups excluding carboxylic acids is 4. The Bertz CT molecular complexity index is 1680. The highest BCUT2D eigenvalue weighted by atomic mass is 32.2. The van der Waals surface area contributed by atoms with Gasteiger partial charge in [-0.05, 0) is 79.4 Å². The SMILES string of the molecule is CCNC(=O)[C@@H](NC(=O)[C@H](C)NC[C@H](Cc1ccccn1)NC(=O)c1cc(C(=O)NC(C)c2ccsc2)cc(N(C)S(C)(=O)=O)c1)C(C)C. The van der Waals surface area contributed by atoms with E-state index < -0.39 is 40.0 Å². The molecule has 3 rings (SSSR count). The van der Waals surface area contributed by atoms with Crippen LogP contribution in [0.4, 0.5) is 5.69 Å². The van der Waals surface area contributed by atoms with Crippen LogP contribution < -0.4 is 30.9 Å². The van der Waals surface area contributed by atoms with Crippen LogP contribution >= 0.6 is 11.3 Å². The van der Waals surface area contributed by atoms with E-state index in [0.29, 0.717) is 18.7 Å². The van der Waals surface area contributed by atoms with Gasteiger partial charge >= 0.3 is 0 Å². The van der Waals surface area contributed by atoms with Crippen LogP contribution in [0.5, 0.6) is 0 Å². The van der Waals surface area contributed by atoms with E-state index in [9.17, 15) is 27.6 Å². The zero-order chi connectivity index (χ0) is 36.3. The van der Waals surface area contributed by atoms with Crippen LogP contribution in [0.2, 0.25) is 0 Å². The number of amides is 4. The Hall–Kier alpha value is -4.34. The summed E-state index contributed by atoms with van der Waals surface area (Å²) in [5.74, 6) is -1.81.